The van der Waals surface area contributed by atoms with E-state index in [0.717, 1.165) is 0 Å². The Balaban J connectivity index is 2.75. The third kappa shape index (κ3) is 2.57. The van der Waals surface area contributed by atoms with Gasteiger partial charge in [0.15, 0.2) is 0 Å². The molecule has 0 unspecified atom stereocenters. The van der Waals surface area contributed by atoms with Crippen LogP contribution in [-0.4, -0.2) is 15.8 Å². The van der Waals surface area contributed by atoms with Crippen LogP contribution >= 0.6 is 11.6 Å². The zero-order chi connectivity index (χ0) is 8.97. The van der Waals surface area contributed by atoms with Crippen molar-refractivity contribution in [1.29, 1.82) is 0 Å². The van der Waals surface area contributed by atoms with Crippen molar-refractivity contribution in [1.82, 2.24) is 0 Å². The number of hydrogen-bond donors (Lipinski definition) is 0. The molecule has 1 atom stereocenters. The molecule has 0 spiro atoms. The summed E-state index contributed by atoms with van der Waals surface area (Å²) in [6.45, 7) is 0. The lowest BCUT2D eigenvalue weighted by Crippen LogP contribution is -1.98. The SMILES string of the molecule is O=[S@@](CCCl)c1ccc(F)cc1. The van der Waals surface area contributed by atoms with Gasteiger partial charge in [0.1, 0.15) is 5.82 Å². The molecule has 0 fully saturated rings. The summed E-state index contributed by atoms with van der Waals surface area (Å²) >= 11 is 5.41. The van der Waals surface area contributed by atoms with E-state index in [1.165, 1.54) is 24.3 Å². The fraction of sp³-hybridized carbons (Fsp3) is 0.250. The highest BCUT2D eigenvalue weighted by Gasteiger charge is 2.01. The van der Waals surface area contributed by atoms with E-state index in [9.17, 15) is 8.60 Å². The number of halogens is 2. The maximum atomic E-state index is 12.4. The first kappa shape index (κ1) is 9.68. The van der Waals surface area contributed by atoms with E-state index in [4.69, 9.17) is 11.6 Å². The summed E-state index contributed by atoms with van der Waals surface area (Å²) in [6.07, 6.45) is 0. The minimum Gasteiger partial charge on any atom is -0.254 e. The quantitative estimate of drug-likeness (QED) is 0.693. The molecule has 0 aliphatic carbocycles. The Morgan fingerprint density at radius 1 is 1.33 bits per heavy atom. The molecule has 0 saturated carbocycles. The summed E-state index contributed by atoms with van der Waals surface area (Å²) in [5, 5.41) is 0. The zero-order valence-electron chi connectivity index (χ0n) is 6.30. The van der Waals surface area contributed by atoms with Gasteiger partial charge in [0.05, 0.1) is 10.8 Å². The second-order valence-corrected chi connectivity index (χ2v) is 4.14. The van der Waals surface area contributed by atoms with Crippen LogP contribution in [0, 0.1) is 5.82 Å². The van der Waals surface area contributed by atoms with E-state index in [2.05, 4.69) is 0 Å². The van der Waals surface area contributed by atoms with Crippen molar-refractivity contribution >= 4 is 22.4 Å². The molecule has 0 amide bonds. The molecular weight excluding hydrogens is 199 g/mol. The van der Waals surface area contributed by atoms with Crippen LogP contribution in [0.3, 0.4) is 0 Å². The van der Waals surface area contributed by atoms with Crippen LogP contribution in [0.15, 0.2) is 29.2 Å². The van der Waals surface area contributed by atoms with Crippen molar-refractivity contribution in [3.05, 3.63) is 30.1 Å². The number of hydrogen-bond acceptors (Lipinski definition) is 1. The van der Waals surface area contributed by atoms with Crippen LogP contribution in [0.4, 0.5) is 4.39 Å². The Morgan fingerprint density at radius 3 is 2.42 bits per heavy atom. The molecule has 0 radical (unpaired) electrons. The average Bonchev–Trinajstić information content (AvgIpc) is 2.06. The molecule has 0 aromatic heterocycles. The molecule has 1 aromatic carbocycles. The Hall–Kier alpha value is -0.410. The average molecular weight is 207 g/mol. The largest absolute Gasteiger partial charge is 0.254 e. The zero-order valence-corrected chi connectivity index (χ0v) is 7.87. The second kappa shape index (κ2) is 4.58. The van der Waals surface area contributed by atoms with E-state index in [0.29, 0.717) is 16.5 Å². The fourth-order valence-electron chi connectivity index (χ4n) is 0.774. The molecule has 0 heterocycles. The summed E-state index contributed by atoms with van der Waals surface area (Å²) in [5.41, 5.74) is 0. The molecule has 0 aliphatic rings. The summed E-state index contributed by atoms with van der Waals surface area (Å²) < 4.78 is 23.7. The van der Waals surface area contributed by atoms with Crippen LogP contribution in [0.5, 0.6) is 0 Å². The van der Waals surface area contributed by atoms with E-state index < -0.39 is 10.8 Å². The van der Waals surface area contributed by atoms with Crippen LogP contribution in [0.25, 0.3) is 0 Å². The molecule has 0 bridgehead atoms. The van der Waals surface area contributed by atoms with Crippen LogP contribution < -0.4 is 0 Å². The third-order valence-electron chi connectivity index (χ3n) is 1.34. The highest BCUT2D eigenvalue weighted by Crippen LogP contribution is 2.07. The van der Waals surface area contributed by atoms with Gasteiger partial charge < -0.3 is 0 Å². The van der Waals surface area contributed by atoms with Crippen molar-refractivity contribution in [2.75, 3.05) is 11.6 Å². The third-order valence-corrected chi connectivity index (χ3v) is 3.13. The normalized spacial score (nSPS) is 12.8. The number of alkyl halides is 1. The van der Waals surface area contributed by atoms with Crippen molar-refractivity contribution in [2.45, 2.75) is 4.90 Å². The highest BCUT2D eigenvalue weighted by molar-refractivity contribution is 7.85. The number of benzene rings is 1. The van der Waals surface area contributed by atoms with Gasteiger partial charge in [-0.2, -0.15) is 0 Å². The van der Waals surface area contributed by atoms with Gasteiger partial charge in [-0.1, -0.05) is 0 Å². The monoisotopic (exact) mass is 206 g/mol. The van der Waals surface area contributed by atoms with Gasteiger partial charge >= 0.3 is 0 Å². The molecule has 1 rings (SSSR count). The maximum absolute atomic E-state index is 12.4. The van der Waals surface area contributed by atoms with Crippen molar-refractivity contribution in [3.8, 4) is 0 Å². The van der Waals surface area contributed by atoms with Gasteiger partial charge in [-0.05, 0) is 24.3 Å². The van der Waals surface area contributed by atoms with E-state index >= 15 is 0 Å². The van der Waals surface area contributed by atoms with Gasteiger partial charge in [-0.25, -0.2) is 4.39 Å². The maximum Gasteiger partial charge on any atom is 0.123 e. The van der Waals surface area contributed by atoms with Crippen molar-refractivity contribution < 1.29 is 8.60 Å². The molecule has 0 N–H and O–H groups in total. The Labute approximate surface area is 78.0 Å². The van der Waals surface area contributed by atoms with Crippen LogP contribution in [0.1, 0.15) is 0 Å². The predicted molar refractivity (Wildman–Crippen MR) is 48.4 cm³/mol. The van der Waals surface area contributed by atoms with Crippen molar-refractivity contribution in [2.24, 2.45) is 0 Å². The topological polar surface area (TPSA) is 17.1 Å². The summed E-state index contributed by atoms with van der Waals surface area (Å²) in [6, 6.07) is 5.61. The van der Waals surface area contributed by atoms with Gasteiger partial charge in [0.2, 0.25) is 0 Å². The smallest absolute Gasteiger partial charge is 0.123 e. The Bertz CT molecular complexity index is 273. The second-order valence-electron chi connectivity index (χ2n) is 2.19. The molecule has 1 aromatic rings. The first-order valence-corrected chi connectivity index (χ1v) is 5.29. The molecule has 1 nitrogen and oxygen atoms in total. The molecule has 66 valence electrons. The lowest BCUT2D eigenvalue weighted by Gasteiger charge is -1.98. The van der Waals surface area contributed by atoms with Gasteiger partial charge in [0, 0.05) is 16.5 Å². The van der Waals surface area contributed by atoms with E-state index in [-0.39, 0.29) is 5.82 Å². The summed E-state index contributed by atoms with van der Waals surface area (Å²) in [5.74, 6) is 0.443. The Morgan fingerprint density at radius 2 is 1.92 bits per heavy atom. The Kier molecular flexibility index (Phi) is 3.69. The van der Waals surface area contributed by atoms with Crippen LogP contribution in [-0.2, 0) is 10.8 Å². The van der Waals surface area contributed by atoms with Gasteiger partial charge in [0.25, 0.3) is 0 Å². The van der Waals surface area contributed by atoms with E-state index in [1.54, 1.807) is 0 Å². The summed E-state index contributed by atoms with van der Waals surface area (Å²) in [7, 11) is -1.09. The fourth-order valence-corrected chi connectivity index (χ4v) is 2.01. The lowest BCUT2D eigenvalue weighted by atomic mass is 10.4. The lowest BCUT2D eigenvalue weighted by molar-refractivity contribution is 0.626. The van der Waals surface area contributed by atoms with Crippen molar-refractivity contribution in [3.63, 3.8) is 0 Å². The summed E-state index contributed by atoms with van der Waals surface area (Å²) in [4.78, 5) is 0.622. The minimum absolute atomic E-state index is 0.318. The first-order valence-electron chi connectivity index (χ1n) is 3.44. The van der Waals surface area contributed by atoms with Crippen LogP contribution in [0.2, 0.25) is 0 Å². The highest BCUT2D eigenvalue weighted by atomic mass is 35.5. The molecule has 12 heavy (non-hydrogen) atoms. The molecule has 0 saturated heterocycles. The first-order chi connectivity index (χ1) is 5.74. The molecular formula is C8H8ClFOS. The molecule has 0 aliphatic heterocycles. The standard InChI is InChI=1S/C8H8ClFOS/c9-5-6-12(11)8-3-1-7(10)2-4-8/h1-4H,5-6H2/t12-/m0/s1. The van der Waals surface area contributed by atoms with Gasteiger partial charge in [-0.3, -0.25) is 4.21 Å². The molecule has 4 heteroatoms. The number of rotatable bonds is 3. The van der Waals surface area contributed by atoms with Gasteiger partial charge in [-0.15, -0.1) is 11.6 Å². The predicted octanol–water partition coefficient (Wildman–Crippen LogP) is 2.17. The minimum atomic E-state index is -1.09. The van der Waals surface area contributed by atoms with E-state index in [1.807, 2.05) is 0 Å².